The first kappa shape index (κ1) is 18.6. The molecule has 3 rings (SSSR count). The smallest absolute Gasteiger partial charge is 0.216 e. The van der Waals surface area contributed by atoms with Crippen molar-refractivity contribution in [3.05, 3.63) is 59.9 Å². The van der Waals surface area contributed by atoms with E-state index in [0.717, 1.165) is 23.9 Å². The molecule has 0 amide bonds. The van der Waals surface area contributed by atoms with E-state index >= 15 is 0 Å². The number of aromatic amines is 1. The lowest BCUT2D eigenvalue weighted by atomic mass is 10.2. The van der Waals surface area contributed by atoms with Gasteiger partial charge in [0.1, 0.15) is 11.6 Å². The van der Waals surface area contributed by atoms with Crippen molar-refractivity contribution in [1.82, 2.24) is 25.4 Å². The number of aliphatic imine (C=N–C) groups is 1. The molecule has 0 fully saturated rings. The molecule has 1 aromatic carbocycles. The van der Waals surface area contributed by atoms with E-state index in [1.807, 2.05) is 24.9 Å². The highest BCUT2D eigenvalue weighted by molar-refractivity contribution is 5.79. The minimum Gasteiger partial charge on any atom is -0.461 e. The third kappa shape index (κ3) is 5.16. The minimum absolute atomic E-state index is 0.233. The summed E-state index contributed by atoms with van der Waals surface area (Å²) in [4.78, 5) is 11.1. The molecule has 0 unspecified atom stereocenters. The number of H-pyrrole nitrogens is 1. The third-order valence-electron chi connectivity index (χ3n) is 3.91. The molecular formula is C19H23FN6O. The van der Waals surface area contributed by atoms with Crippen LogP contribution in [0.25, 0.3) is 11.6 Å². The molecule has 0 aliphatic carbocycles. The van der Waals surface area contributed by atoms with E-state index in [-0.39, 0.29) is 5.82 Å². The molecule has 7 nitrogen and oxygen atoms in total. The summed E-state index contributed by atoms with van der Waals surface area (Å²) in [6.07, 6.45) is 2.22. The molecule has 0 saturated heterocycles. The maximum atomic E-state index is 13.1. The summed E-state index contributed by atoms with van der Waals surface area (Å²) >= 11 is 0. The van der Waals surface area contributed by atoms with Crippen LogP contribution in [0.15, 0.2) is 52.1 Å². The van der Waals surface area contributed by atoms with Gasteiger partial charge >= 0.3 is 0 Å². The fraction of sp³-hybridized carbons (Fsp3) is 0.316. The number of hydrogen-bond donors (Lipinski definition) is 2. The molecule has 0 saturated carbocycles. The maximum Gasteiger partial charge on any atom is 0.216 e. The maximum absolute atomic E-state index is 13.1. The SMILES string of the molecule is CCNC(=NCCc1nc(-c2ccco2)n[nH]1)N(C)Cc1ccc(F)cc1. The Labute approximate surface area is 157 Å². The summed E-state index contributed by atoms with van der Waals surface area (Å²) in [7, 11) is 1.95. The van der Waals surface area contributed by atoms with Crippen LogP contribution in [-0.4, -0.2) is 46.2 Å². The molecule has 0 atom stereocenters. The quantitative estimate of drug-likeness (QED) is 0.494. The second-order valence-electron chi connectivity index (χ2n) is 6.05. The van der Waals surface area contributed by atoms with Gasteiger partial charge in [0.25, 0.3) is 0 Å². The van der Waals surface area contributed by atoms with Crippen LogP contribution in [0.5, 0.6) is 0 Å². The largest absolute Gasteiger partial charge is 0.461 e. The van der Waals surface area contributed by atoms with Gasteiger partial charge in [0, 0.05) is 33.1 Å². The monoisotopic (exact) mass is 370 g/mol. The summed E-state index contributed by atoms with van der Waals surface area (Å²) in [6, 6.07) is 10.1. The Morgan fingerprint density at radius 1 is 1.30 bits per heavy atom. The topological polar surface area (TPSA) is 82.3 Å². The van der Waals surface area contributed by atoms with Crippen molar-refractivity contribution in [2.24, 2.45) is 4.99 Å². The van der Waals surface area contributed by atoms with Gasteiger partial charge < -0.3 is 14.6 Å². The second kappa shape index (κ2) is 8.98. The number of hydrogen-bond acceptors (Lipinski definition) is 4. The molecule has 2 heterocycles. The van der Waals surface area contributed by atoms with Gasteiger partial charge in [-0.2, -0.15) is 5.10 Å². The number of guanidine groups is 1. The predicted octanol–water partition coefficient (Wildman–Crippen LogP) is 2.84. The molecule has 0 aliphatic heterocycles. The van der Waals surface area contributed by atoms with Gasteiger partial charge in [-0.25, -0.2) is 9.37 Å². The number of benzene rings is 1. The van der Waals surface area contributed by atoms with Gasteiger partial charge in [-0.1, -0.05) is 12.1 Å². The summed E-state index contributed by atoms with van der Waals surface area (Å²) in [5, 5.41) is 10.3. The third-order valence-corrected chi connectivity index (χ3v) is 3.91. The Kier molecular flexibility index (Phi) is 6.19. The molecule has 0 bridgehead atoms. The normalized spacial score (nSPS) is 11.6. The first-order chi connectivity index (χ1) is 13.2. The second-order valence-corrected chi connectivity index (χ2v) is 6.05. The minimum atomic E-state index is -0.233. The highest BCUT2D eigenvalue weighted by Gasteiger charge is 2.09. The number of nitrogens with zero attached hydrogens (tertiary/aromatic N) is 4. The standard InChI is InChI=1S/C19H23FN6O/c1-3-21-19(26(2)13-14-6-8-15(20)9-7-14)22-11-10-17-23-18(25-24-17)16-5-4-12-27-16/h4-9,12H,3,10-11,13H2,1-2H3,(H,21,22)(H,23,24,25). The molecule has 27 heavy (non-hydrogen) atoms. The zero-order valence-electron chi connectivity index (χ0n) is 15.4. The average molecular weight is 370 g/mol. The van der Waals surface area contributed by atoms with E-state index in [1.165, 1.54) is 12.1 Å². The van der Waals surface area contributed by atoms with E-state index in [9.17, 15) is 4.39 Å². The number of rotatable bonds is 7. The zero-order chi connectivity index (χ0) is 19.1. The molecule has 0 aliphatic rings. The van der Waals surface area contributed by atoms with Gasteiger partial charge in [-0.05, 0) is 36.8 Å². The number of furan rings is 1. The lowest BCUT2D eigenvalue weighted by molar-refractivity contribution is 0.476. The van der Waals surface area contributed by atoms with Crippen molar-refractivity contribution >= 4 is 5.96 Å². The van der Waals surface area contributed by atoms with E-state index < -0.39 is 0 Å². The van der Waals surface area contributed by atoms with Crippen LogP contribution >= 0.6 is 0 Å². The zero-order valence-corrected chi connectivity index (χ0v) is 15.4. The van der Waals surface area contributed by atoms with Crippen LogP contribution in [0.4, 0.5) is 4.39 Å². The summed E-state index contributed by atoms with van der Waals surface area (Å²) < 4.78 is 18.3. The van der Waals surface area contributed by atoms with Crippen LogP contribution in [0.2, 0.25) is 0 Å². The molecule has 2 N–H and O–H groups in total. The lowest BCUT2D eigenvalue weighted by Crippen LogP contribution is -2.38. The van der Waals surface area contributed by atoms with E-state index in [4.69, 9.17) is 4.42 Å². The van der Waals surface area contributed by atoms with Gasteiger partial charge in [0.2, 0.25) is 5.82 Å². The van der Waals surface area contributed by atoms with Crippen LogP contribution in [0.1, 0.15) is 18.3 Å². The van der Waals surface area contributed by atoms with Crippen LogP contribution < -0.4 is 5.32 Å². The van der Waals surface area contributed by atoms with E-state index in [0.29, 0.717) is 31.1 Å². The summed E-state index contributed by atoms with van der Waals surface area (Å²) in [5.41, 5.74) is 1.02. The van der Waals surface area contributed by atoms with E-state index in [1.54, 1.807) is 24.5 Å². The Balaban J connectivity index is 1.59. The van der Waals surface area contributed by atoms with Crippen molar-refractivity contribution < 1.29 is 8.81 Å². The Hall–Kier alpha value is -3.16. The molecule has 3 aromatic rings. The van der Waals surface area contributed by atoms with Gasteiger partial charge in [0.15, 0.2) is 11.7 Å². The molecule has 0 spiro atoms. The van der Waals surface area contributed by atoms with Gasteiger partial charge in [-0.15, -0.1) is 0 Å². The van der Waals surface area contributed by atoms with Crippen LogP contribution in [-0.2, 0) is 13.0 Å². The predicted molar refractivity (Wildman–Crippen MR) is 102 cm³/mol. The molecular weight excluding hydrogens is 347 g/mol. The fourth-order valence-electron chi connectivity index (χ4n) is 2.60. The first-order valence-corrected chi connectivity index (χ1v) is 8.84. The average Bonchev–Trinajstić information content (AvgIpc) is 3.34. The first-order valence-electron chi connectivity index (χ1n) is 8.84. The molecule has 2 aromatic heterocycles. The van der Waals surface area contributed by atoms with Crippen LogP contribution in [0, 0.1) is 5.82 Å². The van der Waals surface area contributed by atoms with Gasteiger partial charge in [-0.3, -0.25) is 10.1 Å². The lowest BCUT2D eigenvalue weighted by Gasteiger charge is -2.22. The summed E-state index contributed by atoms with van der Waals surface area (Å²) in [6.45, 7) is 3.98. The Bertz CT molecular complexity index is 857. The van der Waals surface area contributed by atoms with Crippen molar-refractivity contribution in [3.63, 3.8) is 0 Å². The molecule has 0 radical (unpaired) electrons. The van der Waals surface area contributed by atoms with Crippen LogP contribution in [0.3, 0.4) is 0 Å². The van der Waals surface area contributed by atoms with Gasteiger partial charge in [0.05, 0.1) is 6.26 Å². The Morgan fingerprint density at radius 2 is 2.11 bits per heavy atom. The van der Waals surface area contributed by atoms with Crippen molar-refractivity contribution in [2.45, 2.75) is 19.9 Å². The number of halogens is 1. The van der Waals surface area contributed by atoms with E-state index in [2.05, 4.69) is 25.5 Å². The van der Waals surface area contributed by atoms with Crippen molar-refractivity contribution in [1.29, 1.82) is 0 Å². The fourth-order valence-corrected chi connectivity index (χ4v) is 2.60. The summed E-state index contributed by atoms with van der Waals surface area (Å²) in [5.74, 6) is 2.48. The number of nitrogens with one attached hydrogen (secondary N) is 2. The molecule has 142 valence electrons. The Morgan fingerprint density at radius 3 is 2.81 bits per heavy atom. The highest BCUT2D eigenvalue weighted by atomic mass is 19.1. The van der Waals surface area contributed by atoms with Crippen molar-refractivity contribution in [3.8, 4) is 11.6 Å². The highest BCUT2D eigenvalue weighted by Crippen LogP contribution is 2.14. The number of aromatic nitrogens is 3. The molecule has 8 heteroatoms. The van der Waals surface area contributed by atoms with Crippen molar-refractivity contribution in [2.75, 3.05) is 20.1 Å².